The minimum atomic E-state index is 0.240. The van der Waals surface area contributed by atoms with E-state index in [0.717, 1.165) is 24.5 Å². The van der Waals surface area contributed by atoms with Gasteiger partial charge in [-0.25, -0.2) is 0 Å². The molecule has 1 N–H and O–H groups in total. The van der Waals surface area contributed by atoms with E-state index in [2.05, 4.69) is 37.2 Å². The Bertz CT molecular complexity index is 381. The topological polar surface area (TPSA) is 24.5 Å². The number of rotatable bonds is 5. The molecular weight excluding hydrogens is 224 g/mol. The lowest BCUT2D eigenvalue weighted by Gasteiger charge is -2.32. The number of hydrogen-bond donors (Lipinski definition) is 1. The average Bonchev–Trinajstić information content (AvgIpc) is 2.39. The van der Waals surface area contributed by atoms with Crippen molar-refractivity contribution in [3.63, 3.8) is 0 Å². The quantitative estimate of drug-likeness (QED) is 0.867. The molecule has 18 heavy (non-hydrogen) atoms. The molecule has 0 aromatic heterocycles. The van der Waals surface area contributed by atoms with Crippen LogP contribution in [0.3, 0.4) is 0 Å². The van der Waals surface area contributed by atoms with E-state index in [1.807, 2.05) is 18.2 Å². The molecule has 100 valence electrons. The highest BCUT2D eigenvalue weighted by Crippen LogP contribution is 2.28. The number of nitrogens with one attached hydrogen (secondary N) is 1. The van der Waals surface area contributed by atoms with Gasteiger partial charge in [-0.15, -0.1) is 0 Å². The van der Waals surface area contributed by atoms with Crippen molar-refractivity contribution in [2.45, 2.75) is 38.8 Å². The van der Waals surface area contributed by atoms with E-state index in [4.69, 9.17) is 4.74 Å². The molecule has 0 saturated carbocycles. The molecule has 1 aliphatic heterocycles. The molecule has 0 aliphatic carbocycles. The van der Waals surface area contributed by atoms with Crippen LogP contribution in [0.4, 0.5) is 5.69 Å². The number of anilines is 1. The second-order valence-corrected chi connectivity index (χ2v) is 5.19. The fourth-order valence-electron chi connectivity index (χ4n) is 2.40. The van der Waals surface area contributed by atoms with Crippen molar-refractivity contribution >= 4 is 5.69 Å². The van der Waals surface area contributed by atoms with Gasteiger partial charge in [0.05, 0.1) is 12.2 Å². The fourth-order valence-corrected chi connectivity index (χ4v) is 2.40. The summed E-state index contributed by atoms with van der Waals surface area (Å²) in [4.78, 5) is 2.39. The fraction of sp³-hybridized carbons (Fsp3) is 0.600. The summed E-state index contributed by atoms with van der Waals surface area (Å²) in [5, 5.41) is 3.44. The molecule has 0 fully saturated rings. The van der Waals surface area contributed by atoms with Gasteiger partial charge < -0.3 is 10.1 Å². The van der Waals surface area contributed by atoms with Gasteiger partial charge in [-0.1, -0.05) is 25.5 Å². The highest BCUT2D eigenvalue weighted by atomic mass is 16.5. The van der Waals surface area contributed by atoms with E-state index in [0.29, 0.717) is 6.04 Å². The molecule has 3 heteroatoms. The molecule has 1 aromatic carbocycles. The number of likely N-dealkylation sites (N-methyl/N-ethyl adjacent to an activating group) is 1. The maximum atomic E-state index is 6.03. The summed E-state index contributed by atoms with van der Waals surface area (Å²) in [6.07, 6.45) is 2.72. The predicted octanol–water partition coefficient (Wildman–Crippen LogP) is 2.98. The first-order chi connectivity index (χ1) is 8.70. The number of ether oxygens (including phenoxy) is 1. The predicted molar refractivity (Wildman–Crippen MR) is 76.3 cm³/mol. The molecule has 3 nitrogen and oxygen atoms in total. The Balaban J connectivity index is 1.89. The Morgan fingerprint density at radius 2 is 2.22 bits per heavy atom. The first-order valence-corrected chi connectivity index (χ1v) is 6.90. The van der Waals surface area contributed by atoms with Gasteiger partial charge in [0, 0.05) is 12.6 Å². The van der Waals surface area contributed by atoms with Crippen molar-refractivity contribution in [2.24, 2.45) is 0 Å². The maximum Gasteiger partial charge on any atom is 0.142 e. The first-order valence-electron chi connectivity index (χ1n) is 6.90. The van der Waals surface area contributed by atoms with Gasteiger partial charge in [0.1, 0.15) is 11.9 Å². The molecule has 0 spiro atoms. The zero-order valence-electron chi connectivity index (χ0n) is 11.6. The van der Waals surface area contributed by atoms with Crippen molar-refractivity contribution in [3.05, 3.63) is 24.3 Å². The van der Waals surface area contributed by atoms with Crippen LogP contribution < -0.4 is 10.1 Å². The molecule has 1 aromatic rings. The molecule has 0 amide bonds. The number of benzene rings is 1. The summed E-state index contributed by atoms with van der Waals surface area (Å²) in [6.45, 7) is 6.38. The molecule has 1 aliphatic rings. The lowest BCUT2D eigenvalue weighted by Crippen LogP contribution is -2.43. The SMILES string of the molecule is CCCC(C)N(C)CC1CNc2ccccc2O1. The summed E-state index contributed by atoms with van der Waals surface area (Å²) < 4.78 is 6.03. The zero-order chi connectivity index (χ0) is 13.0. The van der Waals surface area contributed by atoms with Crippen LogP contribution >= 0.6 is 0 Å². The molecular formula is C15H24N2O. The van der Waals surface area contributed by atoms with Gasteiger partial charge in [0.25, 0.3) is 0 Å². The van der Waals surface area contributed by atoms with E-state index >= 15 is 0 Å². The standard InChI is InChI=1S/C15H24N2O/c1-4-7-12(2)17(3)11-13-10-16-14-8-5-6-9-15(14)18-13/h5-6,8-9,12-13,16H,4,7,10-11H2,1-3H3. The minimum absolute atomic E-state index is 0.240. The Morgan fingerprint density at radius 3 is 3.00 bits per heavy atom. The van der Waals surface area contributed by atoms with Crippen LogP contribution in [0.15, 0.2) is 24.3 Å². The van der Waals surface area contributed by atoms with Crippen molar-refractivity contribution in [1.29, 1.82) is 0 Å². The Hall–Kier alpha value is -1.22. The maximum absolute atomic E-state index is 6.03. The first kappa shape index (κ1) is 13.2. The van der Waals surface area contributed by atoms with Crippen LogP contribution in [0.25, 0.3) is 0 Å². The van der Waals surface area contributed by atoms with Crippen LogP contribution in [0.5, 0.6) is 5.75 Å². The van der Waals surface area contributed by atoms with Gasteiger partial charge in [0.2, 0.25) is 0 Å². The van der Waals surface area contributed by atoms with Crippen molar-refractivity contribution in [1.82, 2.24) is 4.90 Å². The van der Waals surface area contributed by atoms with Gasteiger partial charge in [-0.2, -0.15) is 0 Å². The molecule has 2 atom stereocenters. The number of nitrogens with zero attached hydrogens (tertiary/aromatic N) is 1. The van der Waals surface area contributed by atoms with Gasteiger partial charge >= 0.3 is 0 Å². The lowest BCUT2D eigenvalue weighted by atomic mass is 10.1. The van der Waals surface area contributed by atoms with Gasteiger partial charge in [0.15, 0.2) is 0 Å². The smallest absolute Gasteiger partial charge is 0.142 e. The molecule has 1 heterocycles. The normalized spacial score (nSPS) is 19.9. The number of fused-ring (bicyclic) bond motifs is 1. The largest absolute Gasteiger partial charge is 0.485 e. The zero-order valence-corrected chi connectivity index (χ0v) is 11.6. The van der Waals surface area contributed by atoms with E-state index in [1.54, 1.807) is 0 Å². The number of para-hydroxylation sites is 2. The third-order valence-electron chi connectivity index (χ3n) is 3.65. The molecule has 0 bridgehead atoms. The Kier molecular flexibility index (Phi) is 4.48. The minimum Gasteiger partial charge on any atom is -0.485 e. The Morgan fingerprint density at radius 1 is 1.44 bits per heavy atom. The van der Waals surface area contributed by atoms with E-state index in [1.165, 1.54) is 12.8 Å². The summed E-state index contributed by atoms with van der Waals surface area (Å²) in [5.41, 5.74) is 1.11. The monoisotopic (exact) mass is 248 g/mol. The number of hydrogen-bond acceptors (Lipinski definition) is 3. The highest BCUT2D eigenvalue weighted by Gasteiger charge is 2.21. The van der Waals surface area contributed by atoms with Crippen LogP contribution in [-0.2, 0) is 0 Å². The van der Waals surface area contributed by atoms with E-state index in [-0.39, 0.29) is 6.10 Å². The molecule has 0 radical (unpaired) electrons. The second-order valence-electron chi connectivity index (χ2n) is 5.19. The van der Waals surface area contributed by atoms with E-state index < -0.39 is 0 Å². The van der Waals surface area contributed by atoms with Crippen LogP contribution in [0, 0.1) is 0 Å². The van der Waals surface area contributed by atoms with E-state index in [9.17, 15) is 0 Å². The summed E-state index contributed by atoms with van der Waals surface area (Å²) in [7, 11) is 2.18. The highest BCUT2D eigenvalue weighted by molar-refractivity contribution is 5.57. The second kappa shape index (κ2) is 6.10. The van der Waals surface area contributed by atoms with Crippen LogP contribution in [-0.4, -0.2) is 37.2 Å². The summed E-state index contributed by atoms with van der Waals surface area (Å²) in [5.74, 6) is 0.977. The van der Waals surface area contributed by atoms with Crippen LogP contribution in [0.2, 0.25) is 0 Å². The molecule has 2 rings (SSSR count). The third-order valence-corrected chi connectivity index (χ3v) is 3.65. The Labute approximate surface area is 110 Å². The summed E-state index contributed by atoms with van der Waals surface area (Å²) >= 11 is 0. The van der Waals surface area contributed by atoms with Crippen molar-refractivity contribution < 1.29 is 4.74 Å². The summed E-state index contributed by atoms with van der Waals surface area (Å²) in [6, 6.07) is 8.77. The molecule has 0 saturated heterocycles. The van der Waals surface area contributed by atoms with Gasteiger partial charge in [-0.05, 0) is 32.5 Å². The molecule has 2 unspecified atom stereocenters. The van der Waals surface area contributed by atoms with Gasteiger partial charge in [-0.3, -0.25) is 4.90 Å². The van der Waals surface area contributed by atoms with Crippen molar-refractivity contribution in [3.8, 4) is 5.75 Å². The average molecular weight is 248 g/mol. The van der Waals surface area contributed by atoms with Crippen molar-refractivity contribution in [2.75, 3.05) is 25.5 Å². The van der Waals surface area contributed by atoms with Crippen LogP contribution in [0.1, 0.15) is 26.7 Å². The third kappa shape index (κ3) is 3.16. The lowest BCUT2D eigenvalue weighted by molar-refractivity contribution is 0.127.